The second-order valence-corrected chi connectivity index (χ2v) is 6.60. The van der Waals surface area contributed by atoms with Gasteiger partial charge in [0.15, 0.2) is 0 Å². The molecule has 0 aromatic heterocycles. The number of rotatable bonds is 5. The van der Waals surface area contributed by atoms with Gasteiger partial charge in [-0.1, -0.05) is 35.0 Å². The van der Waals surface area contributed by atoms with Crippen LogP contribution in [0, 0.1) is 17.3 Å². The molecule has 1 fully saturated rings. The van der Waals surface area contributed by atoms with Gasteiger partial charge in [0.25, 0.3) is 0 Å². The molecule has 0 radical (unpaired) electrons. The van der Waals surface area contributed by atoms with Gasteiger partial charge in [0.2, 0.25) is 0 Å². The summed E-state index contributed by atoms with van der Waals surface area (Å²) in [7, 11) is 0. The van der Waals surface area contributed by atoms with Gasteiger partial charge in [-0.25, -0.2) is 0 Å². The number of hydrogen-bond donors (Lipinski definition) is 2. The predicted octanol–water partition coefficient (Wildman–Crippen LogP) is 2.45. The molecule has 2 rings (SSSR count). The van der Waals surface area contributed by atoms with Crippen LogP contribution < -0.4 is 5.73 Å². The Morgan fingerprint density at radius 2 is 2.38 bits per heavy atom. The highest BCUT2D eigenvalue weighted by Crippen LogP contribution is 2.62. The van der Waals surface area contributed by atoms with E-state index in [1.54, 1.807) is 0 Å². The molecule has 5 atom stereocenters. The number of hydrogen-bond acceptors (Lipinski definition) is 2. The topological polar surface area (TPSA) is 46.2 Å². The van der Waals surface area contributed by atoms with Crippen molar-refractivity contribution in [3.63, 3.8) is 0 Å². The van der Waals surface area contributed by atoms with Gasteiger partial charge in [0.1, 0.15) is 0 Å². The van der Waals surface area contributed by atoms with E-state index in [0.29, 0.717) is 16.8 Å². The van der Waals surface area contributed by atoms with Crippen LogP contribution in [0.5, 0.6) is 0 Å². The molecule has 0 saturated heterocycles. The third kappa shape index (κ3) is 2.36. The number of aliphatic hydroxyl groups is 1. The SMILES string of the molecule is CC[C@H](O)[C@@H](CN)C[C@@]12C=CC(Br)C[C@@H]1C2. The van der Waals surface area contributed by atoms with Crippen LogP contribution >= 0.6 is 15.9 Å². The Labute approximate surface area is 106 Å². The maximum absolute atomic E-state index is 9.92. The fraction of sp³-hybridized carbons (Fsp3) is 0.846. The lowest BCUT2D eigenvalue weighted by Crippen LogP contribution is -2.30. The summed E-state index contributed by atoms with van der Waals surface area (Å²) >= 11 is 3.64. The molecule has 1 unspecified atom stereocenters. The van der Waals surface area contributed by atoms with Gasteiger partial charge in [0, 0.05) is 4.83 Å². The summed E-state index contributed by atoms with van der Waals surface area (Å²) in [5.74, 6) is 1.09. The van der Waals surface area contributed by atoms with Crippen LogP contribution in [0.4, 0.5) is 0 Å². The Hall–Kier alpha value is 0.140. The fourth-order valence-electron chi connectivity index (χ4n) is 3.08. The molecule has 2 aliphatic carbocycles. The number of nitrogens with two attached hydrogens (primary N) is 1. The van der Waals surface area contributed by atoms with Gasteiger partial charge >= 0.3 is 0 Å². The van der Waals surface area contributed by atoms with Crippen LogP contribution in [-0.4, -0.2) is 22.6 Å². The Balaban J connectivity index is 1.97. The van der Waals surface area contributed by atoms with E-state index in [4.69, 9.17) is 5.73 Å². The predicted molar refractivity (Wildman–Crippen MR) is 70.5 cm³/mol. The number of aliphatic hydroxyl groups excluding tert-OH is 1. The van der Waals surface area contributed by atoms with Crippen LogP contribution in [0.3, 0.4) is 0 Å². The van der Waals surface area contributed by atoms with Crippen molar-refractivity contribution in [1.29, 1.82) is 0 Å². The third-order valence-corrected chi connectivity index (χ3v) is 5.01. The van der Waals surface area contributed by atoms with Crippen molar-refractivity contribution in [3.8, 4) is 0 Å². The molecule has 2 nitrogen and oxygen atoms in total. The van der Waals surface area contributed by atoms with Crippen molar-refractivity contribution in [2.45, 2.75) is 43.5 Å². The standard InChI is InChI=1S/C13H22BrNO/c1-2-12(16)9(8-15)6-13-4-3-11(14)5-10(13)7-13/h3-4,9-12,16H,2,5-8,15H2,1H3/t9-,10-,11?,12+,13-/m1/s1. The molecule has 0 aliphatic heterocycles. The van der Waals surface area contributed by atoms with Crippen LogP contribution in [0.2, 0.25) is 0 Å². The van der Waals surface area contributed by atoms with Crippen LogP contribution in [-0.2, 0) is 0 Å². The van der Waals surface area contributed by atoms with Gasteiger partial charge in [-0.05, 0) is 49.5 Å². The summed E-state index contributed by atoms with van der Waals surface area (Å²) in [6, 6.07) is 0. The molecular formula is C13H22BrNO. The molecule has 1 saturated carbocycles. The summed E-state index contributed by atoms with van der Waals surface area (Å²) < 4.78 is 0. The minimum absolute atomic E-state index is 0.226. The highest BCUT2D eigenvalue weighted by molar-refractivity contribution is 9.09. The van der Waals surface area contributed by atoms with Crippen molar-refractivity contribution in [2.75, 3.05) is 6.54 Å². The molecule has 0 heterocycles. The number of alkyl halides is 1. The average molecular weight is 288 g/mol. The minimum Gasteiger partial charge on any atom is -0.393 e. The lowest BCUT2D eigenvalue weighted by Gasteiger charge is -2.27. The normalized spacial score (nSPS) is 40.2. The first kappa shape index (κ1) is 12.6. The highest BCUT2D eigenvalue weighted by Gasteiger charge is 2.54. The summed E-state index contributed by atoms with van der Waals surface area (Å²) in [5, 5.41) is 9.92. The largest absolute Gasteiger partial charge is 0.393 e. The second kappa shape index (κ2) is 4.79. The average Bonchev–Trinajstić information content (AvgIpc) is 2.98. The zero-order valence-electron chi connectivity index (χ0n) is 9.90. The Kier molecular flexibility index (Phi) is 3.77. The van der Waals surface area contributed by atoms with E-state index < -0.39 is 0 Å². The van der Waals surface area contributed by atoms with Crippen LogP contribution in [0.1, 0.15) is 32.6 Å². The first-order valence-corrected chi connectivity index (χ1v) is 7.24. The molecule has 92 valence electrons. The zero-order valence-corrected chi connectivity index (χ0v) is 11.5. The summed E-state index contributed by atoms with van der Waals surface area (Å²) in [4.78, 5) is 0.556. The maximum Gasteiger partial charge on any atom is 0.0578 e. The fourth-order valence-corrected chi connectivity index (χ4v) is 3.69. The monoisotopic (exact) mass is 287 g/mol. The lowest BCUT2D eigenvalue weighted by molar-refractivity contribution is 0.0921. The third-order valence-electron chi connectivity index (χ3n) is 4.33. The molecular weight excluding hydrogens is 266 g/mol. The van der Waals surface area contributed by atoms with E-state index >= 15 is 0 Å². The Morgan fingerprint density at radius 3 is 2.94 bits per heavy atom. The number of fused-ring (bicyclic) bond motifs is 1. The Bertz CT molecular complexity index is 281. The molecule has 16 heavy (non-hydrogen) atoms. The first-order chi connectivity index (χ1) is 7.61. The molecule has 0 aromatic carbocycles. The quantitative estimate of drug-likeness (QED) is 0.603. The van der Waals surface area contributed by atoms with E-state index in [9.17, 15) is 5.11 Å². The van der Waals surface area contributed by atoms with Crippen molar-refractivity contribution in [2.24, 2.45) is 23.0 Å². The molecule has 2 aliphatic rings. The van der Waals surface area contributed by atoms with Crippen molar-refractivity contribution < 1.29 is 5.11 Å². The van der Waals surface area contributed by atoms with E-state index in [1.165, 1.54) is 12.8 Å². The van der Waals surface area contributed by atoms with E-state index in [0.717, 1.165) is 18.8 Å². The van der Waals surface area contributed by atoms with Gasteiger partial charge in [-0.3, -0.25) is 0 Å². The molecule has 3 heteroatoms. The number of halogens is 1. The lowest BCUT2D eigenvalue weighted by atomic mass is 9.83. The van der Waals surface area contributed by atoms with Gasteiger partial charge in [0.05, 0.1) is 6.10 Å². The van der Waals surface area contributed by atoms with E-state index in [1.807, 2.05) is 6.92 Å². The van der Waals surface area contributed by atoms with E-state index in [2.05, 4.69) is 28.1 Å². The zero-order chi connectivity index (χ0) is 11.8. The second-order valence-electron chi connectivity index (χ2n) is 5.42. The van der Waals surface area contributed by atoms with Crippen molar-refractivity contribution >= 4 is 15.9 Å². The minimum atomic E-state index is -0.226. The first-order valence-electron chi connectivity index (χ1n) is 6.33. The maximum atomic E-state index is 9.92. The van der Waals surface area contributed by atoms with E-state index in [-0.39, 0.29) is 12.0 Å². The molecule has 0 amide bonds. The summed E-state index contributed by atoms with van der Waals surface area (Å²) in [6.07, 6.45) is 8.83. The molecule has 0 spiro atoms. The van der Waals surface area contributed by atoms with Crippen LogP contribution in [0.25, 0.3) is 0 Å². The van der Waals surface area contributed by atoms with Gasteiger partial charge in [-0.15, -0.1) is 0 Å². The van der Waals surface area contributed by atoms with Gasteiger partial charge < -0.3 is 10.8 Å². The Morgan fingerprint density at radius 1 is 1.62 bits per heavy atom. The van der Waals surface area contributed by atoms with Crippen molar-refractivity contribution in [1.82, 2.24) is 0 Å². The van der Waals surface area contributed by atoms with Crippen LogP contribution in [0.15, 0.2) is 12.2 Å². The number of allylic oxidation sites excluding steroid dienone is 2. The molecule has 0 aromatic rings. The summed E-state index contributed by atoms with van der Waals surface area (Å²) in [6.45, 7) is 2.63. The molecule has 3 N–H and O–H groups in total. The highest BCUT2D eigenvalue weighted by atomic mass is 79.9. The van der Waals surface area contributed by atoms with Crippen molar-refractivity contribution in [3.05, 3.63) is 12.2 Å². The molecule has 0 bridgehead atoms. The summed E-state index contributed by atoms with van der Waals surface area (Å²) in [5.41, 5.74) is 6.16. The van der Waals surface area contributed by atoms with Gasteiger partial charge in [-0.2, -0.15) is 0 Å². The smallest absolute Gasteiger partial charge is 0.0578 e.